The number of anilines is 2. The van der Waals surface area contributed by atoms with Gasteiger partial charge in [-0.1, -0.05) is 12.8 Å². The fourth-order valence-electron chi connectivity index (χ4n) is 4.65. The minimum Gasteiger partial charge on any atom is -0.457 e. The molecule has 5 rings (SSSR count). The molecule has 0 saturated heterocycles. The van der Waals surface area contributed by atoms with Gasteiger partial charge in [-0.25, -0.2) is 9.37 Å². The van der Waals surface area contributed by atoms with E-state index in [9.17, 15) is 9.18 Å². The van der Waals surface area contributed by atoms with E-state index in [0.717, 1.165) is 48.0 Å². The van der Waals surface area contributed by atoms with Crippen molar-refractivity contribution in [1.82, 2.24) is 19.9 Å². The summed E-state index contributed by atoms with van der Waals surface area (Å²) in [6.45, 7) is 0.00380. The smallest absolute Gasteiger partial charge is 0.270 e. The third-order valence-corrected chi connectivity index (χ3v) is 6.50. The predicted octanol–water partition coefficient (Wildman–Crippen LogP) is 5.02. The van der Waals surface area contributed by atoms with Crippen LogP contribution in [-0.2, 0) is 7.05 Å². The Balaban J connectivity index is 1.35. The number of hydrogen-bond acceptors (Lipinski definition) is 6. The molecule has 0 atom stereocenters. The Hall–Kier alpha value is -3.98. The van der Waals surface area contributed by atoms with Crippen LogP contribution in [0.3, 0.4) is 0 Å². The zero-order valence-electron chi connectivity index (χ0n) is 20.0. The topological polar surface area (TPSA) is 101 Å². The molecule has 1 saturated carbocycles. The van der Waals surface area contributed by atoms with Gasteiger partial charge >= 0.3 is 0 Å². The van der Waals surface area contributed by atoms with Crippen LogP contribution in [0.5, 0.6) is 11.5 Å². The van der Waals surface area contributed by atoms with Crippen molar-refractivity contribution in [1.29, 1.82) is 0 Å². The number of benzene rings is 2. The Morgan fingerprint density at radius 3 is 2.75 bits per heavy atom. The van der Waals surface area contributed by atoms with Crippen LogP contribution < -0.4 is 15.4 Å². The highest BCUT2D eigenvalue weighted by atomic mass is 19.1. The number of carbonyl (C=O) groups excluding carboxylic acids is 1. The van der Waals surface area contributed by atoms with Gasteiger partial charge in [-0.2, -0.15) is 0 Å². The fourth-order valence-corrected chi connectivity index (χ4v) is 4.65. The van der Waals surface area contributed by atoms with Gasteiger partial charge in [0, 0.05) is 37.6 Å². The van der Waals surface area contributed by atoms with Crippen molar-refractivity contribution in [3.63, 3.8) is 0 Å². The lowest BCUT2D eigenvalue weighted by molar-refractivity contribution is 0.0939. The summed E-state index contributed by atoms with van der Waals surface area (Å²) in [6.07, 6.45) is 5.85. The molecular formula is C27H28FN5O3. The maximum absolute atomic E-state index is 14.5. The summed E-state index contributed by atoms with van der Waals surface area (Å²) in [5, 5.41) is 14.8. The number of imidazole rings is 1. The van der Waals surface area contributed by atoms with E-state index in [-0.39, 0.29) is 36.5 Å². The summed E-state index contributed by atoms with van der Waals surface area (Å²) in [5.41, 5.74) is 3.40. The average molecular weight is 490 g/mol. The molecule has 0 radical (unpaired) electrons. The Morgan fingerprint density at radius 2 is 1.94 bits per heavy atom. The van der Waals surface area contributed by atoms with E-state index < -0.39 is 0 Å². The number of aromatic nitrogens is 3. The quantitative estimate of drug-likeness (QED) is 0.321. The molecule has 36 heavy (non-hydrogen) atoms. The highest BCUT2D eigenvalue weighted by molar-refractivity contribution is 5.92. The van der Waals surface area contributed by atoms with Gasteiger partial charge in [0.05, 0.1) is 17.6 Å². The number of nitrogens with one attached hydrogen (secondary N) is 2. The number of nitrogens with zero attached hydrogens (tertiary/aromatic N) is 3. The zero-order chi connectivity index (χ0) is 25.1. The molecule has 1 amide bonds. The van der Waals surface area contributed by atoms with Crippen molar-refractivity contribution >= 4 is 28.6 Å². The first-order valence-electron chi connectivity index (χ1n) is 12.1. The number of aliphatic hydroxyl groups excluding tert-OH is 1. The standard InChI is InChI=1S/C27H28FN5O3/c1-33-25-9-7-19(36-20-10-11-29-24(16-20)26(35)30-12-13-34)15-23(25)32-27(33)31-18-6-8-22(28)21(14-18)17-4-2-3-5-17/h6-11,14-17,34H,2-5,12-13H2,1H3,(H,30,35)(H,31,32). The number of carbonyl (C=O) groups is 1. The van der Waals surface area contributed by atoms with Crippen molar-refractivity contribution in [3.8, 4) is 11.5 Å². The second-order valence-corrected chi connectivity index (χ2v) is 8.95. The fraction of sp³-hybridized carbons (Fsp3) is 0.296. The van der Waals surface area contributed by atoms with Crippen LogP contribution in [0.4, 0.5) is 16.0 Å². The number of fused-ring (bicyclic) bond motifs is 1. The molecule has 0 spiro atoms. The zero-order valence-corrected chi connectivity index (χ0v) is 20.0. The third-order valence-electron chi connectivity index (χ3n) is 6.50. The lowest BCUT2D eigenvalue weighted by atomic mass is 9.96. The minimum atomic E-state index is -0.387. The number of pyridine rings is 1. The average Bonchev–Trinajstić information content (AvgIpc) is 3.52. The molecule has 8 nitrogen and oxygen atoms in total. The molecule has 2 aromatic heterocycles. The van der Waals surface area contributed by atoms with Gasteiger partial charge in [0.25, 0.3) is 5.91 Å². The summed E-state index contributed by atoms with van der Waals surface area (Å²) in [6, 6.07) is 13.9. The van der Waals surface area contributed by atoms with Crippen molar-refractivity contribution in [3.05, 3.63) is 71.8 Å². The number of amides is 1. The van der Waals surface area contributed by atoms with Gasteiger partial charge < -0.3 is 25.0 Å². The van der Waals surface area contributed by atoms with E-state index in [1.807, 2.05) is 35.9 Å². The minimum absolute atomic E-state index is 0.147. The lowest BCUT2D eigenvalue weighted by Crippen LogP contribution is -2.27. The van der Waals surface area contributed by atoms with E-state index in [1.54, 1.807) is 18.2 Å². The van der Waals surface area contributed by atoms with E-state index in [4.69, 9.17) is 14.8 Å². The summed E-state index contributed by atoms with van der Waals surface area (Å²) in [7, 11) is 1.92. The molecule has 1 fully saturated rings. The molecule has 0 aliphatic heterocycles. The number of hydrogen-bond donors (Lipinski definition) is 3. The van der Waals surface area contributed by atoms with Crippen LogP contribution in [0.15, 0.2) is 54.7 Å². The van der Waals surface area contributed by atoms with E-state index in [2.05, 4.69) is 15.6 Å². The first-order chi connectivity index (χ1) is 17.5. The van der Waals surface area contributed by atoms with Crippen LogP contribution in [0.25, 0.3) is 11.0 Å². The highest BCUT2D eigenvalue weighted by Crippen LogP contribution is 2.37. The molecular weight excluding hydrogens is 461 g/mol. The number of halogens is 1. The van der Waals surface area contributed by atoms with E-state index in [1.165, 1.54) is 12.3 Å². The Labute approximate surface area is 208 Å². The molecule has 2 aromatic carbocycles. The van der Waals surface area contributed by atoms with Crippen LogP contribution in [-0.4, -0.2) is 38.7 Å². The number of rotatable bonds is 8. The highest BCUT2D eigenvalue weighted by Gasteiger charge is 2.21. The summed E-state index contributed by atoms with van der Waals surface area (Å²) < 4.78 is 22.3. The first-order valence-corrected chi connectivity index (χ1v) is 12.1. The second kappa shape index (κ2) is 10.3. The maximum atomic E-state index is 14.5. The van der Waals surface area contributed by atoms with Crippen molar-refractivity contribution in [2.24, 2.45) is 7.05 Å². The molecule has 4 aromatic rings. The molecule has 0 bridgehead atoms. The third kappa shape index (κ3) is 5.01. The normalized spacial score (nSPS) is 13.8. The summed E-state index contributed by atoms with van der Waals surface area (Å²) in [5.74, 6) is 1.40. The SMILES string of the molecule is Cn1c(Nc2ccc(F)c(C3CCCC3)c2)nc2cc(Oc3ccnc(C(=O)NCCO)c3)ccc21. The van der Waals surface area contributed by atoms with Gasteiger partial charge in [0.1, 0.15) is 23.0 Å². The molecule has 2 heterocycles. The molecule has 0 unspecified atom stereocenters. The second-order valence-electron chi connectivity index (χ2n) is 8.95. The van der Waals surface area contributed by atoms with Gasteiger partial charge in [0.15, 0.2) is 0 Å². The van der Waals surface area contributed by atoms with Crippen LogP contribution in [0.2, 0.25) is 0 Å². The molecule has 3 N–H and O–H groups in total. The van der Waals surface area contributed by atoms with Gasteiger partial charge in [-0.3, -0.25) is 9.78 Å². The van der Waals surface area contributed by atoms with E-state index in [0.29, 0.717) is 17.4 Å². The maximum Gasteiger partial charge on any atom is 0.270 e. The summed E-state index contributed by atoms with van der Waals surface area (Å²) in [4.78, 5) is 20.9. The van der Waals surface area contributed by atoms with Crippen molar-refractivity contribution < 1.29 is 19.0 Å². The largest absolute Gasteiger partial charge is 0.457 e. The number of ether oxygens (including phenoxy) is 1. The molecule has 1 aliphatic carbocycles. The van der Waals surface area contributed by atoms with Crippen LogP contribution >= 0.6 is 0 Å². The van der Waals surface area contributed by atoms with E-state index >= 15 is 0 Å². The Morgan fingerprint density at radius 1 is 1.14 bits per heavy atom. The summed E-state index contributed by atoms with van der Waals surface area (Å²) >= 11 is 0. The first kappa shape index (κ1) is 23.7. The molecule has 9 heteroatoms. The van der Waals surface area contributed by atoms with Crippen LogP contribution in [0.1, 0.15) is 47.7 Å². The number of aryl methyl sites for hydroxylation is 1. The van der Waals surface area contributed by atoms with Gasteiger partial charge in [-0.15, -0.1) is 0 Å². The number of aliphatic hydroxyl groups is 1. The predicted molar refractivity (Wildman–Crippen MR) is 135 cm³/mol. The Kier molecular flexibility index (Phi) is 6.81. The van der Waals surface area contributed by atoms with Crippen molar-refractivity contribution in [2.45, 2.75) is 31.6 Å². The van der Waals surface area contributed by atoms with Gasteiger partial charge in [-0.05, 0) is 60.7 Å². The monoisotopic (exact) mass is 489 g/mol. The Bertz CT molecular complexity index is 1400. The lowest BCUT2D eigenvalue weighted by Gasteiger charge is -2.13. The van der Waals surface area contributed by atoms with Crippen LogP contribution in [0, 0.1) is 5.82 Å². The molecule has 186 valence electrons. The van der Waals surface area contributed by atoms with Crippen molar-refractivity contribution in [2.75, 3.05) is 18.5 Å². The molecule has 1 aliphatic rings. The van der Waals surface area contributed by atoms with Gasteiger partial charge in [0.2, 0.25) is 5.95 Å².